The van der Waals surface area contributed by atoms with Gasteiger partial charge in [0.2, 0.25) is 11.8 Å². The fourth-order valence-corrected chi connectivity index (χ4v) is 6.12. The largest absolute Gasteiger partial charge is 0.352 e. The molecule has 7 heteroatoms. The number of rotatable bonds is 11. The van der Waals surface area contributed by atoms with E-state index in [-0.39, 0.29) is 30.2 Å². The van der Waals surface area contributed by atoms with Crippen LogP contribution in [0.5, 0.6) is 0 Å². The second-order valence-electron chi connectivity index (χ2n) is 9.93. The smallest absolute Gasteiger partial charge is 0.243 e. The third kappa shape index (κ3) is 8.26. The minimum atomic E-state index is -0.655. The van der Waals surface area contributed by atoms with E-state index in [4.69, 9.17) is 23.2 Å². The summed E-state index contributed by atoms with van der Waals surface area (Å²) in [5.41, 5.74) is 4.14. The number of carbonyl (C=O) groups is 2. The number of hydrogen-bond acceptors (Lipinski definition) is 3. The maximum Gasteiger partial charge on any atom is 0.243 e. The number of nitrogens with one attached hydrogen (secondary N) is 1. The molecule has 1 aliphatic carbocycles. The summed E-state index contributed by atoms with van der Waals surface area (Å²) in [7, 11) is 0. The zero-order valence-electron chi connectivity index (χ0n) is 21.7. The first-order valence-corrected chi connectivity index (χ1v) is 15.0. The maximum atomic E-state index is 13.8. The van der Waals surface area contributed by atoms with Gasteiger partial charge in [0.1, 0.15) is 6.04 Å². The Morgan fingerprint density at radius 1 is 0.974 bits per heavy atom. The van der Waals surface area contributed by atoms with Gasteiger partial charge in [-0.05, 0) is 48.6 Å². The SMILES string of the molecule is Cc1ccc(CSCC(=O)N(Cc2ccc(Cl)cc2Cl)[C@@H](Cc2ccccc2)C(=O)NC2CCCC2)cc1. The van der Waals surface area contributed by atoms with Crippen LogP contribution in [0.2, 0.25) is 10.0 Å². The monoisotopic (exact) mass is 568 g/mol. The predicted octanol–water partition coefficient (Wildman–Crippen LogP) is 7.23. The topological polar surface area (TPSA) is 49.4 Å². The lowest BCUT2D eigenvalue weighted by atomic mass is 10.0. The molecule has 0 saturated heterocycles. The first-order chi connectivity index (χ1) is 18.4. The molecule has 1 aliphatic rings. The number of amides is 2. The van der Waals surface area contributed by atoms with Crippen LogP contribution in [0.25, 0.3) is 0 Å². The van der Waals surface area contributed by atoms with Gasteiger partial charge in [0.15, 0.2) is 0 Å². The van der Waals surface area contributed by atoms with E-state index in [0.717, 1.165) is 42.6 Å². The van der Waals surface area contributed by atoms with E-state index < -0.39 is 6.04 Å². The number of benzene rings is 3. The lowest BCUT2D eigenvalue weighted by Gasteiger charge is -2.32. The first kappa shape index (κ1) is 28.5. The van der Waals surface area contributed by atoms with Gasteiger partial charge in [-0.15, -0.1) is 11.8 Å². The van der Waals surface area contributed by atoms with Crippen molar-refractivity contribution in [3.05, 3.63) is 105 Å². The van der Waals surface area contributed by atoms with Gasteiger partial charge in [0, 0.05) is 34.8 Å². The van der Waals surface area contributed by atoms with Crippen molar-refractivity contribution < 1.29 is 9.59 Å². The number of halogens is 2. The quantitative estimate of drug-likeness (QED) is 0.265. The molecule has 0 aliphatic heterocycles. The normalized spacial score (nSPS) is 14.3. The van der Waals surface area contributed by atoms with Crippen LogP contribution < -0.4 is 5.32 Å². The molecule has 0 bridgehead atoms. The first-order valence-electron chi connectivity index (χ1n) is 13.1. The summed E-state index contributed by atoms with van der Waals surface area (Å²) in [5, 5.41) is 4.25. The van der Waals surface area contributed by atoms with E-state index in [1.54, 1.807) is 28.8 Å². The molecule has 3 aromatic carbocycles. The van der Waals surface area contributed by atoms with Gasteiger partial charge in [-0.2, -0.15) is 0 Å². The Kier molecular flexibility index (Phi) is 10.6. The van der Waals surface area contributed by atoms with Crippen molar-refractivity contribution in [1.29, 1.82) is 0 Å². The molecule has 2 amide bonds. The minimum Gasteiger partial charge on any atom is -0.352 e. The van der Waals surface area contributed by atoms with Gasteiger partial charge in [-0.25, -0.2) is 0 Å². The Morgan fingerprint density at radius 3 is 2.37 bits per heavy atom. The van der Waals surface area contributed by atoms with Crippen molar-refractivity contribution in [3.8, 4) is 0 Å². The highest BCUT2D eigenvalue weighted by molar-refractivity contribution is 7.99. The van der Waals surface area contributed by atoms with Crippen LogP contribution >= 0.6 is 35.0 Å². The summed E-state index contributed by atoms with van der Waals surface area (Å²) in [4.78, 5) is 29.2. The van der Waals surface area contributed by atoms with Crippen molar-refractivity contribution in [2.24, 2.45) is 0 Å². The van der Waals surface area contributed by atoms with Crippen molar-refractivity contribution in [3.63, 3.8) is 0 Å². The molecule has 4 nitrogen and oxygen atoms in total. The van der Waals surface area contributed by atoms with Crippen LogP contribution in [0.15, 0.2) is 72.8 Å². The molecule has 1 saturated carbocycles. The molecule has 0 radical (unpaired) electrons. The Balaban J connectivity index is 1.58. The molecule has 0 unspecified atom stereocenters. The van der Waals surface area contributed by atoms with E-state index in [9.17, 15) is 9.59 Å². The van der Waals surface area contributed by atoms with E-state index in [1.807, 2.05) is 36.4 Å². The van der Waals surface area contributed by atoms with Crippen LogP contribution in [-0.4, -0.2) is 34.6 Å². The van der Waals surface area contributed by atoms with Crippen LogP contribution in [0.4, 0.5) is 0 Å². The minimum absolute atomic E-state index is 0.0874. The molecule has 0 spiro atoms. The van der Waals surface area contributed by atoms with Crippen LogP contribution in [0, 0.1) is 6.92 Å². The van der Waals surface area contributed by atoms with E-state index in [0.29, 0.717) is 16.5 Å². The number of carbonyl (C=O) groups excluding carboxylic acids is 2. The number of aryl methyl sites for hydroxylation is 1. The zero-order chi connectivity index (χ0) is 26.9. The van der Waals surface area contributed by atoms with Crippen molar-refractivity contribution in [2.75, 3.05) is 5.75 Å². The van der Waals surface area contributed by atoms with E-state index in [2.05, 4.69) is 36.5 Å². The average Bonchev–Trinajstić information content (AvgIpc) is 3.42. The third-order valence-electron chi connectivity index (χ3n) is 6.94. The molecular weight excluding hydrogens is 535 g/mol. The van der Waals surface area contributed by atoms with E-state index >= 15 is 0 Å². The fraction of sp³-hybridized carbons (Fsp3) is 0.355. The molecule has 1 N–H and O–H groups in total. The highest BCUT2D eigenvalue weighted by Gasteiger charge is 2.32. The summed E-state index contributed by atoms with van der Waals surface area (Å²) < 4.78 is 0. The Hall–Kier alpha value is -2.47. The molecule has 3 aromatic rings. The highest BCUT2D eigenvalue weighted by Crippen LogP contribution is 2.26. The average molecular weight is 570 g/mol. The van der Waals surface area contributed by atoms with Crippen molar-refractivity contribution in [2.45, 2.75) is 63.4 Å². The van der Waals surface area contributed by atoms with Gasteiger partial charge in [-0.1, -0.05) is 102 Å². The molecule has 4 rings (SSSR count). The Bertz CT molecular complexity index is 1210. The van der Waals surface area contributed by atoms with Crippen molar-refractivity contribution >= 4 is 46.8 Å². The molecule has 200 valence electrons. The second-order valence-corrected chi connectivity index (χ2v) is 11.8. The van der Waals surface area contributed by atoms with Crippen LogP contribution in [0.1, 0.15) is 47.9 Å². The number of thioether (sulfide) groups is 1. The number of nitrogens with zero attached hydrogens (tertiary/aromatic N) is 1. The van der Waals surface area contributed by atoms with Crippen LogP contribution in [0.3, 0.4) is 0 Å². The summed E-state index contributed by atoms with van der Waals surface area (Å²) in [6.07, 6.45) is 4.62. The molecule has 38 heavy (non-hydrogen) atoms. The molecular formula is C31H34Cl2N2O2S. The molecule has 0 heterocycles. The summed E-state index contributed by atoms with van der Waals surface area (Å²) in [5.74, 6) is 0.790. The van der Waals surface area contributed by atoms with Gasteiger partial charge in [0.05, 0.1) is 5.75 Å². The van der Waals surface area contributed by atoms with Crippen LogP contribution in [-0.2, 0) is 28.3 Å². The lowest BCUT2D eigenvalue weighted by Crippen LogP contribution is -2.52. The number of hydrogen-bond donors (Lipinski definition) is 1. The van der Waals surface area contributed by atoms with Gasteiger partial charge in [0.25, 0.3) is 0 Å². The summed E-state index contributed by atoms with van der Waals surface area (Å²) in [6.45, 7) is 2.29. The molecule has 1 atom stereocenters. The summed E-state index contributed by atoms with van der Waals surface area (Å²) in [6, 6.07) is 23.0. The van der Waals surface area contributed by atoms with Gasteiger partial charge >= 0.3 is 0 Å². The highest BCUT2D eigenvalue weighted by atomic mass is 35.5. The molecule has 0 aromatic heterocycles. The standard InChI is InChI=1S/C31H34Cl2N2O2S/c1-22-11-13-24(14-12-22)20-38-21-30(36)35(19-25-15-16-26(32)18-28(25)33)29(17-23-7-3-2-4-8-23)31(37)34-27-9-5-6-10-27/h2-4,7-8,11-16,18,27,29H,5-6,9-10,17,19-21H2,1H3,(H,34,37)/t29-/m0/s1. The Morgan fingerprint density at radius 2 is 1.68 bits per heavy atom. The molecule has 1 fully saturated rings. The predicted molar refractivity (Wildman–Crippen MR) is 159 cm³/mol. The third-order valence-corrected chi connectivity index (χ3v) is 8.52. The van der Waals surface area contributed by atoms with Gasteiger partial charge < -0.3 is 10.2 Å². The lowest BCUT2D eigenvalue weighted by molar-refractivity contribution is -0.139. The van der Waals surface area contributed by atoms with Crippen molar-refractivity contribution in [1.82, 2.24) is 10.2 Å². The summed E-state index contributed by atoms with van der Waals surface area (Å²) >= 11 is 14.2. The fourth-order valence-electron chi connectivity index (χ4n) is 4.78. The van der Waals surface area contributed by atoms with E-state index in [1.165, 1.54) is 11.1 Å². The second kappa shape index (κ2) is 14.1. The zero-order valence-corrected chi connectivity index (χ0v) is 24.0. The van der Waals surface area contributed by atoms with Gasteiger partial charge in [-0.3, -0.25) is 9.59 Å². The maximum absolute atomic E-state index is 13.8. The Labute approximate surface area is 240 Å².